The summed E-state index contributed by atoms with van der Waals surface area (Å²) in [5.74, 6) is 1.38. The van der Waals surface area contributed by atoms with Gasteiger partial charge in [-0.3, -0.25) is 4.98 Å². The zero-order valence-electron chi connectivity index (χ0n) is 17.6. The van der Waals surface area contributed by atoms with Gasteiger partial charge >= 0.3 is 0 Å². The summed E-state index contributed by atoms with van der Waals surface area (Å²) >= 11 is 6.13. The topological polar surface area (TPSA) is 52.8 Å². The van der Waals surface area contributed by atoms with Crippen molar-refractivity contribution in [1.29, 1.82) is 0 Å². The van der Waals surface area contributed by atoms with Gasteiger partial charge in [0.15, 0.2) is 5.65 Å². The zero-order chi connectivity index (χ0) is 21.5. The van der Waals surface area contributed by atoms with Gasteiger partial charge in [-0.15, -0.1) is 5.10 Å². The smallest absolute Gasteiger partial charge is 0.221 e. The van der Waals surface area contributed by atoms with E-state index in [0.717, 1.165) is 42.0 Å². The molecule has 0 spiro atoms. The van der Waals surface area contributed by atoms with Crippen LogP contribution in [0.1, 0.15) is 50.1 Å². The van der Waals surface area contributed by atoms with Crippen LogP contribution in [0.3, 0.4) is 0 Å². The SMILES string of the molecule is COc1c2cc(Cl)cnc2nn1[C@@H](C)C1CCC(c2ccnc3ccc(F)cc23)CC1. The van der Waals surface area contributed by atoms with Crippen LogP contribution in [0.15, 0.2) is 42.7 Å². The van der Waals surface area contributed by atoms with Crippen LogP contribution in [0.4, 0.5) is 4.39 Å². The Bertz CT molecular complexity index is 1250. The maximum absolute atomic E-state index is 13.9. The van der Waals surface area contributed by atoms with Crippen LogP contribution < -0.4 is 4.74 Å². The van der Waals surface area contributed by atoms with Gasteiger partial charge in [-0.2, -0.15) is 0 Å². The Hall–Kier alpha value is -2.73. The average molecular weight is 439 g/mol. The lowest BCUT2D eigenvalue weighted by atomic mass is 9.75. The van der Waals surface area contributed by atoms with Crippen molar-refractivity contribution in [3.05, 3.63) is 59.1 Å². The molecule has 1 aromatic carbocycles. The molecule has 1 atom stereocenters. The predicted molar refractivity (Wildman–Crippen MR) is 120 cm³/mol. The highest BCUT2D eigenvalue weighted by Crippen LogP contribution is 2.43. The van der Waals surface area contributed by atoms with E-state index in [1.165, 1.54) is 11.6 Å². The molecule has 0 N–H and O–H groups in total. The first-order chi connectivity index (χ1) is 15.0. The largest absolute Gasteiger partial charge is 0.481 e. The van der Waals surface area contributed by atoms with Crippen molar-refractivity contribution in [2.24, 2.45) is 5.92 Å². The van der Waals surface area contributed by atoms with Crippen LogP contribution in [0.2, 0.25) is 5.02 Å². The van der Waals surface area contributed by atoms with Crippen LogP contribution in [0.25, 0.3) is 21.9 Å². The van der Waals surface area contributed by atoms with Gasteiger partial charge in [-0.1, -0.05) is 11.6 Å². The third kappa shape index (κ3) is 3.63. The van der Waals surface area contributed by atoms with E-state index < -0.39 is 0 Å². The summed E-state index contributed by atoms with van der Waals surface area (Å²) in [6, 6.07) is 8.93. The lowest BCUT2D eigenvalue weighted by molar-refractivity contribution is 0.219. The van der Waals surface area contributed by atoms with Crippen molar-refractivity contribution in [2.75, 3.05) is 7.11 Å². The Morgan fingerprint density at radius 1 is 1.10 bits per heavy atom. The molecule has 160 valence electrons. The molecule has 0 unspecified atom stereocenters. The summed E-state index contributed by atoms with van der Waals surface area (Å²) in [7, 11) is 1.66. The molecular formula is C24H24ClFN4O. The number of pyridine rings is 2. The van der Waals surface area contributed by atoms with Crippen LogP contribution in [-0.4, -0.2) is 26.9 Å². The fourth-order valence-corrected chi connectivity index (χ4v) is 5.19. The first kappa shape index (κ1) is 20.2. The molecule has 3 aromatic heterocycles. The van der Waals surface area contributed by atoms with E-state index in [0.29, 0.717) is 28.4 Å². The maximum Gasteiger partial charge on any atom is 0.221 e. The summed E-state index contributed by atoms with van der Waals surface area (Å²) in [6.07, 6.45) is 7.69. The van der Waals surface area contributed by atoms with Gasteiger partial charge in [0.25, 0.3) is 0 Å². The lowest BCUT2D eigenvalue weighted by Gasteiger charge is -2.33. The number of aromatic nitrogens is 4. The third-order valence-corrected chi connectivity index (χ3v) is 6.89. The zero-order valence-corrected chi connectivity index (χ0v) is 18.3. The Morgan fingerprint density at radius 3 is 2.68 bits per heavy atom. The third-order valence-electron chi connectivity index (χ3n) is 6.68. The number of hydrogen-bond acceptors (Lipinski definition) is 4. The monoisotopic (exact) mass is 438 g/mol. The fourth-order valence-electron chi connectivity index (χ4n) is 5.03. The minimum atomic E-state index is -0.212. The fraction of sp³-hybridized carbons (Fsp3) is 0.375. The molecule has 0 radical (unpaired) electrons. The Kier molecular flexibility index (Phi) is 5.26. The number of fused-ring (bicyclic) bond motifs is 2. The number of halogens is 2. The minimum absolute atomic E-state index is 0.176. The van der Waals surface area contributed by atoms with E-state index in [1.807, 2.05) is 16.9 Å². The minimum Gasteiger partial charge on any atom is -0.481 e. The second kappa shape index (κ2) is 8.08. The molecule has 0 aliphatic heterocycles. The van der Waals surface area contributed by atoms with Gasteiger partial charge < -0.3 is 4.74 Å². The van der Waals surface area contributed by atoms with E-state index in [1.54, 1.807) is 25.4 Å². The van der Waals surface area contributed by atoms with Gasteiger partial charge in [0, 0.05) is 17.8 Å². The maximum atomic E-state index is 13.9. The highest BCUT2D eigenvalue weighted by atomic mass is 35.5. The molecule has 1 saturated carbocycles. The number of benzene rings is 1. The van der Waals surface area contributed by atoms with E-state index >= 15 is 0 Å². The van der Waals surface area contributed by atoms with E-state index in [-0.39, 0.29) is 11.9 Å². The predicted octanol–water partition coefficient (Wildman–Crippen LogP) is 6.32. The average Bonchev–Trinajstić information content (AvgIpc) is 3.16. The van der Waals surface area contributed by atoms with Crippen molar-refractivity contribution in [3.63, 3.8) is 0 Å². The number of nitrogens with zero attached hydrogens (tertiary/aromatic N) is 4. The number of rotatable bonds is 4. The highest BCUT2D eigenvalue weighted by molar-refractivity contribution is 6.31. The molecule has 5 rings (SSSR count). The van der Waals surface area contributed by atoms with Crippen molar-refractivity contribution in [1.82, 2.24) is 19.7 Å². The molecule has 1 fully saturated rings. The Labute approximate surface area is 185 Å². The van der Waals surface area contributed by atoms with Crippen LogP contribution >= 0.6 is 11.6 Å². The van der Waals surface area contributed by atoms with E-state index in [4.69, 9.17) is 21.4 Å². The van der Waals surface area contributed by atoms with Crippen LogP contribution in [0.5, 0.6) is 5.88 Å². The summed E-state index contributed by atoms with van der Waals surface area (Å²) in [5.41, 5.74) is 2.71. The van der Waals surface area contributed by atoms with Gasteiger partial charge in [-0.25, -0.2) is 14.1 Å². The summed E-state index contributed by atoms with van der Waals surface area (Å²) in [5, 5.41) is 7.03. The van der Waals surface area contributed by atoms with Gasteiger partial charge in [-0.05, 0) is 80.3 Å². The number of ether oxygens (including phenoxy) is 1. The first-order valence-corrected chi connectivity index (χ1v) is 11.0. The van der Waals surface area contributed by atoms with Crippen molar-refractivity contribution >= 4 is 33.5 Å². The first-order valence-electron chi connectivity index (χ1n) is 10.7. The molecule has 31 heavy (non-hydrogen) atoms. The molecule has 1 aliphatic carbocycles. The molecule has 0 amide bonds. The molecule has 0 saturated heterocycles. The highest BCUT2D eigenvalue weighted by Gasteiger charge is 2.30. The second-order valence-corrected chi connectivity index (χ2v) is 8.83. The van der Waals surface area contributed by atoms with Crippen molar-refractivity contribution < 1.29 is 9.13 Å². The molecule has 0 bridgehead atoms. The standard InChI is InChI=1S/C24H24ClFN4O/c1-14(30-24(31-2)21-11-17(25)13-28-23(21)29-30)15-3-5-16(6-4-15)19-9-10-27-22-8-7-18(26)12-20(19)22/h7-16H,3-6H2,1-2H3/t14-,15?,16?/m0/s1. The molecular weight excluding hydrogens is 415 g/mol. The molecule has 4 aromatic rings. The summed E-state index contributed by atoms with van der Waals surface area (Å²) in [6.45, 7) is 2.19. The van der Waals surface area contributed by atoms with Gasteiger partial charge in [0.2, 0.25) is 5.88 Å². The quantitative estimate of drug-likeness (QED) is 0.374. The van der Waals surface area contributed by atoms with Crippen LogP contribution in [0, 0.1) is 11.7 Å². The summed E-state index contributed by atoms with van der Waals surface area (Å²) in [4.78, 5) is 8.74. The van der Waals surface area contributed by atoms with Gasteiger partial charge in [0.05, 0.1) is 29.1 Å². The molecule has 5 nitrogen and oxygen atoms in total. The second-order valence-electron chi connectivity index (χ2n) is 8.39. The Morgan fingerprint density at radius 2 is 1.90 bits per heavy atom. The molecule has 1 aliphatic rings. The lowest BCUT2D eigenvalue weighted by Crippen LogP contribution is -2.23. The normalized spacial score (nSPS) is 20.3. The molecule has 7 heteroatoms. The number of methoxy groups -OCH3 is 1. The van der Waals surface area contributed by atoms with E-state index in [9.17, 15) is 4.39 Å². The van der Waals surface area contributed by atoms with Gasteiger partial charge in [0.1, 0.15) is 5.82 Å². The summed E-state index contributed by atoms with van der Waals surface area (Å²) < 4.78 is 21.5. The van der Waals surface area contributed by atoms with Crippen molar-refractivity contribution in [3.8, 4) is 5.88 Å². The van der Waals surface area contributed by atoms with Crippen LogP contribution in [-0.2, 0) is 0 Å². The number of hydrogen-bond donors (Lipinski definition) is 0. The molecule has 3 heterocycles. The van der Waals surface area contributed by atoms with Crippen molar-refractivity contribution in [2.45, 2.75) is 44.6 Å². The van der Waals surface area contributed by atoms with E-state index in [2.05, 4.69) is 23.0 Å². The Balaban J connectivity index is 1.38.